The highest BCUT2D eigenvalue weighted by molar-refractivity contribution is 7.00. The lowest BCUT2D eigenvalue weighted by molar-refractivity contribution is 1.13. The fraction of sp³-hybridized carbons (Fsp3) is 0. The Hall–Kier alpha value is -7.76. The van der Waals surface area contributed by atoms with Crippen LogP contribution in [0.3, 0.4) is 0 Å². The standard InChI is InChI=1S/C54H33BN4/c1-3-16-34(17-4-1)56-47-28-13-9-22-39(47)41-32-42-40-23-15-25-44-54(40)59(50(42)33-49(41)56)52-31-36(58-45-26-11-7-20-37(45)38-21-8-12-27-46(38)58)30-51-53(52)55(44)43-24-10-14-29-48(43)57(51)35-18-5-2-6-19-35/h1-33H. The summed E-state index contributed by atoms with van der Waals surface area (Å²) in [5, 5.41) is 7.60. The van der Waals surface area contributed by atoms with Gasteiger partial charge in [0.05, 0.1) is 33.3 Å². The van der Waals surface area contributed by atoms with E-state index in [0.29, 0.717) is 0 Å². The van der Waals surface area contributed by atoms with Crippen molar-refractivity contribution in [3.05, 3.63) is 200 Å². The molecule has 0 fully saturated rings. The van der Waals surface area contributed by atoms with Crippen molar-refractivity contribution in [2.45, 2.75) is 0 Å². The maximum atomic E-state index is 2.61. The van der Waals surface area contributed by atoms with Gasteiger partial charge in [0.25, 0.3) is 6.71 Å². The van der Waals surface area contributed by atoms with Crippen molar-refractivity contribution in [3.63, 3.8) is 0 Å². The molecule has 12 aromatic rings. The Kier molecular flexibility index (Phi) is 6.07. The highest BCUT2D eigenvalue weighted by Gasteiger charge is 2.42. The van der Waals surface area contributed by atoms with Gasteiger partial charge in [0.1, 0.15) is 0 Å². The van der Waals surface area contributed by atoms with Crippen molar-refractivity contribution in [1.29, 1.82) is 0 Å². The normalized spacial score (nSPS) is 13.0. The molecule has 3 aromatic heterocycles. The fourth-order valence-electron chi connectivity index (χ4n) is 10.9. The zero-order valence-corrected chi connectivity index (χ0v) is 31.9. The number of nitrogens with zero attached hydrogens (tertiary/aromatic N) is 4. The highest BCUT2D eigenvalue weighted by Crippen LogP contribution is 2.45. The van der Waals surface area contributed by atoms with Gasteiger partial charge in [0.2, 0.25) is 0 Å². The molecule has 9 aromatic carbocycles. The smallest absolute Gasteiger partial charge is 0.252 e. The van der Waals surface area contributed by atoms with Crippen LogP contribution in [0.4, 0.5) is 17.1 Å². The predicted octanol–water partition coefficient (Wildman–Crippen LogP) is 11.6. The number of para-hydroxylation sites is 7. The molecule has 0 amide bonds. The van der Waals surface area contributed by atoms with Crippen molar-refractivity contribution in [1.82, 2.24) is 13.7 Å². The minimum atomic E-state index is 0.0530. The zero-order valence-electron chi connectivity index (χ0n) is 31.9. The lowest BCUT2D eigenvalue weighted by Gasteiger charge is -2.40. The molecule has 0 unspecified atom stereocenters. The molecule has 5 heterocycles. The van der Waals surface area contributed by atoms with Gasteiger partial charge in [-0.15, -0.1) is 0 Å². The highest BCUT2D eigenvalue weighted by atomic mass is 15.2. The third-order valence-corrected chi connectivity index (χ3v) is 13.2. The molecular formula is C54H33BN4. The van der Waals surface area contributed by atoms with Crippen LogP contribution in [0.1, 0.15) is 0 Å². The summed E-state index contributed by atoms with van der Waals surface area (Å²) in [7, 11) is 0. The number of benzene rings is 9. The topological polar surface area (TPSA) is 18.0 Å². The molecule has 0 radical (unpaired) electrons. The van der Waals surface area contributed by atoms with Gasteiger partial charge < -0.3 is 18.6 Å². The minimum absolute atomic E-state index is 0.0530. The first kappa shape index (κ1) is 31.3. The van der Waals surface area contributed by atoms with Crippen LogP contribution in [-0.2, 0) is 0 Å². The van der Waals surface area contributed by atoms with E-state index in [1.807, 2.05) is 0 Å². The van der Waals surface area contributed by atoms with Crippen molar-refractivity contribution >= 4 is 106 Å². The molecule has 14 rings (SSSR count). The summed E-state index contributed by atoms with van der Waals surface area (Å²) in [5.74, 6) is 0. The van der Waals surface area contributed by atoms with Crippen molar-refractivity contribution in [2.24, 2.45) is 0 Å². The second-order valence-electron chi connectivity index (χ2n) is 16.1. The first-order valence-corrected chi connectivity index (χ1v) is 20.5. The second kappa shape index (κ2) is 11.4. The van der Waals surface area contributed by atoms with Crippen LogP contribution in [0.5, 0.6) is 0 Å². The Balaban J connectivity index is 1.18. The molecule has 0 bridgehead atoms. The van der Waals surface area contributed by atoms with E-state index in [0.717, 1.165) is 17.1 Å². The summed E-state index contributed by atoms with van der Waals surface area (Å²) >= 11 is 0. The quantitative estimate of drug-likeness (QED) is 0.165. The van der Waals surface area contributed by atoms with Gasteiger partial charge in [0, 0.05) is 66.3 Å². The van der Waals surface area contributed by atoms with E-state index in [-0.39, 0.29) is 6.71 Å². The van der Waals surface area contributed by atoms with Crippen molar-refractivity contribution in [3.8, 4) is 17.1 Å². The summed E-state index contributed by atoms with van der Waals surface area (Å²) in [5.41, 5.74) is 18.4. The third-order valence-electron chi connectivity index (χ3n) is 13.2. The SMILES string of the molecule is c1ccc(N2c3ccccc3B3c4c2cc(-n2c5ccccc5c5ccccc52)cc4-n2c4cc5c(cc4c4cccc3c42)c2ccccc2n5-c2ccccc2)cc1. The molecule has 272 valence electrons. The van der Waals surface area contributed by atoms with Gasteiger partial charge in [0.15, 0.2) is 0 Å². The molecule has 0 spiro atoms. The molecule has 59 heavy (non-hydrogen) atoms. The van der Waals surface area contributed by atoms with E-state index in [1.54, 1.807) is 0 Å². The molecular weight excluding hydrogens is 715 g/mol. The largest absolute Gasteiger partial charge is 0.311 e. The van der Waals surface area contributed by atoms with Crippen LogP contribution < -0.4 is 21.3 Å². The van der Waals surface area contributed by atoms with E-state index in [1.165, 1.54) is 98.9 Å². The molecule has 0 N–H and O–H groups in total. The zero-order chi connectivity index (χ0) is 38.3. The Labute approximate surface area is 340 Å². The number of hydrogen-bond acceptors (Lipinski definition) is 1. The predicted molar refractivity (Wildman–Crippen MR) is 249 cm³/mol. The number of anilines is 3. The molecule has 0 atom stereocenters. The monoisotopic (exact) mass is 748 g/mol. The van der Waals surface area contributed by atoms with E-state index in [4.69, 9.17) is 0 Å². The fourth-order valence-corrected chi connectivity index (χ4v) is 10.9. The Morgan fingerprint density at radius 3 is 1.51 bits per heavy atom. The van der Waals surface area contributed by atoms with Gasteiger partial charge in [-0.1, -0.05) is 127 Å². The molecule has 4 nitrogen and oxygen atoms in total. The first-order chi connectivity index (χ1) is 29.3. The van der Waals surface area contributed by atoms with Gasteiger partial charge in [-0.2, -0.15) is 0 Å². The van der Waals surface area contributed by atoms with Crippen LogP contribution in [0.2, 0.25) is 0 Å². The number of aromatic nitrogens is 3. The molecule has 0 aliphatic carbocycles. The Morgan fingerprint density at radius 2 is 0.797 bits per heavy atom. The van der Waals surface area contributed by atoms with Gasteiger partial charge in [-0.3, -0.25) is 0 Å². The van der Waals surface area contributed by atoms with E-state index >= 15 is 0 Å². The van der Waals surface area contributed by atoms with E-state index in [9.17, 15) is 0 Å². The molecule has 2 aliphatic rings. The second-order valence-corrected chi connectivity index (χ2v) is 16.1. The maximum absolute atomic E-state index is 2.61. The summed E-state index contributed by atoms with van der Waals surface area (Å²) in [6.07, 6.45) is 0. The summed E-state index contributed by atoms with van der Waals surface area (Å²) in [6.45, 7) is 0.0530. The average Bonchev–Trinajstić information content (AvgIpc) is 3.93. The first-order valence-electron chi connectivity index (χ1n) is 20.5. The van der Waals surface area contributed by atoms with E-state index < -0.39 is 0 Å². The molecule has 0 saturated carbocycles. The summed E-state index contributed by atoms with van der Waals surface area (Å²) in [6, 6.07) is 74.2. The van der Waals surface area contributed by atoms with Crippen LogP contribution in [-0.4, -0.2) is 20.4 Å². The summed E-state index contributed by atoms with van der Waals surface area (Å²) in [4.78, 5) is 2.50. The molecule has 0 saturated heterocycles. The van der Waals surface area contributed by atoms with Crippen LogP contribution in [0.25, 0.3) is 82.5 Å². The Bertz CT molecular complexity index is 3690. The van der Waals surface area contributed by atoms with Crippen LogP contribution >= 0.6 is 0 Å². The molecule has 5 heteroatoms. The van der Waals surface area contributed by atoms with Crippen molar-refractivity contribution < 1.29 is 0 Å². The van der Waals surface area contributed by atoms with Gasteiger partial charge in [-0.05, 0) is 89.2 Å². The third kappa shape index (κ3) is 4.04. The molecule has 2 aliphatic heterocycles. The minimum Gasteiger partial charge on any atom is -0.311 e. The van der Waals surface area contributed by atoms with E-state index in [2.05, 4.69) is 219 Å². The lowest BCUT2D eigenvalue weighted by Crippen LogP contribution is -2.60. The summed E-state index contributed by atoms with van der Waals surface area (Å²) < 4.78 is 7.53. The van der Waals surface area contributed by atoms with Gasteiger partial charge >= 0.3 is 0 Å². The maximum Gasteiger partial charge on any atom is 0.252 e. The van der Waals surface area contributed by atoms with Crippen LogP contribution in [0, 0.1) is 0 Å². The average molecular weight is 749 g/mol. The Morgan fingerprint density at radius 1 is 0.288 bits per heavy atom. The number of rotatable bonds is 3. The number of fused-ring (bicyclic) bond motifs is 13. The lowest BCUT2D eigenvalue weighted by atomic mass is 9.34. The van der Waals surface area contributed by atoms with Gasteiger partial charge in [-0.25, -0.2) is 0 Å². The van der Waals surface area contributed by atoms with Crippen LogP contribution in [0.15, 0.2) is 200 Å². The number of hydrogen-bond donors (Lipinski definition) is 0. The van der Waals surface area contributed by atoms with Crippen molar-refractivity contribution in [2.75, 3.05) is 4.90 Å².